The van der Waals surface area contributed by atoms with Crippen LogP contribution < -0.4 is 11.3 Å². The van der Waals surface area contributed by atoms with Gasteiger partial charge in [-0.25, -0.2) is 5.84 Å². The van der Waals surface area contributed by atoms with Crippen molar-refractivity contribution in [3.63, 3.8) is 0 Å². The van der Waals surface area contributed by atoms with Crippen molar-refractivity contribution in [1.29, 1.82) is 0 Å². The highest BCUT2D eigenvalue weighted by atomic mass is 16.5. The van der Waals surface area contributed by atoms with Crippen LogP contribution in [0.1, 0.15) is 36.9 Å². The summed E-state index contributed by atoms with van der Waals surface area (Å²) < 4.78 is 16.0. The van der Waals surface area contributed by atoms with Crippen molar-refractivity contribution in [2.45, 2.75) is 33.0 Å². The van der Waals surface area contributed by atoms with E-state index in [0.29, 0.717) is 24.5 Å². The summed E-state index contributed by atoms with van der Waals surface area (Å²) in [6, 6.07) is 1.55. The number of rotatable bonds is 6. The van der Waals surface area contributed by atoms with Gasteiger partial charge in [-0.15, -0.1) is 0 Å². The summed E-state index contributed by atoms with van der Waals surface area (Å²) in [6.07, 6.45) is 1.43. The molecule has 0 aromatic carbocycles. The first-order valence-electron chi connectivity index (χ1n) is 5.73. The Hall–Kier alpha value is -1.37. The molecule has 0 radical (unpaired) electrons. The first-order valence-corrected chi connectivity index (χ1v) is 5.73. The lowest BCUT2D eigenvalue weighted by Crippen LogP contribution is -2.30. The lowest BCUT2D eigenvalue weighted by Gasteiger charge is -2.19. The van der Waals surface area contributed by atoms with Gasteiger partial charge < -0.3 is 13.9 Å². The number of amides is 1. The van der Waals surface area contributed by atoms with Crippen molar-refractivity contribution in [2.75, 3.05) is 13.2 Å². The molecular formula is C12H20N2O4. The number of carbonyl (C=O) groups is 1. The number of hydrazine groups is 1. The molecular weight excluding hydrogens is 236 g/mol. The molecule has 6 nitrogen and oxygen atoms in total. The third-order valence-electron chi connectivity index (χ3n) is 2.12. The molecule has 0 atom stereocenters. The van der Waals surface area contributed by atoms with Gasteiger partial charge >= 0.3 is 0 Å². The molecule has 18 heavy (non-hydrogen) atoms. The molecule has 0 aliphatic rings. The van der Waals surface area contributed by atoms with Gasteiger partial charge in [0.2, 0.25) is 0 Å². The molecule has 3 N–H and O–H groups in total. The van der Waals surface area contributed by atoms with Gasteiger partial charge in [0, 0.05) is 0 Å². The highest BCUT2D eigenvalue weighted by Crippen LogP contribution is 2.12. The second-order valence-corrected chi connectivity index (χ2v) is 4.74. The fourth-order valence-corrected chi connectivity index (χ4v) is 1.30. The number of ether oxygens (including phenoxy) is 2. The molecule has 6 heteroatoms. The first-order chi connectivity index (χ1) is 8.44. The smallest absolute Gasteiger partial charge is 0.268 e. The summed E-state index contributed by atoms with van der Waals surface area (Å²) in [5, 5.41) is 0. The third kappa shape index (κ3) is 4.87. The van der Waals surface area contributed by atoms with Crippen molar-refractivity contribution in [3.8, 4) is 0 Å². The summed E-state index contributed by atoms with van der Waals surface area (Å²) in [6.45, 7) is 7.06. The Morgan fingerprint density at radius 1 is 1.44 bits per heavy atom. The summed E-state index contributed by atoms with van der Waals surface area (Å²) in [5.74, 6) is 5.11. The van der Waals surface area contributed by atoms with E-state index in [1.807, 2.05) is 20.8 Å². The minimum Gasteiger partial charge on any atom is -0.466 e. The van der Waals surface area contributed by atoms with Gasteiger partial charge in [0.25, 0.3) is 5.91 Å². The van der Waals surface area contributed by atoms with Crippen molar-refractivity contribution >= 4 is 5.91 Å². The summed E-state index contributed by atoms with van der Waals surface area (Å²) in [7, 11) is 0. The fourth-order valence-electron chi connectivity index (χ4n) is 1.30. The molecule has 0 aliphatic heterocycles. The largest absolute Gasteiger partial charge is 0.466 e. The molecule has 0 spiro atoms. The molecule has 1 aromatic heterocycles. The molecule has 0 aliphatic carbocycles. The average molecular weight is 256 g/mol. The van der Waals surface area contributed by atoms with Crippen LogP contribution in [0.15, 0.2) is 16.7 Å². The lowest BCUT2D eigenvalue weighted by atomic mass is 10.2. The van der Waals surface area contributed by atoms with Crippen molar-refractivity contribution < 1.29 is 18.7 Å². The standard InChI is InChI=1S/C12H20N2O4/c1-12(2,3)18-7-6-16-8-10-9(4-5-17-10)11(15)14-13/h4-5H,6-8,13H2,1-3H3,(H,14,15). The van der Waals surface area contributed by atoms with E-state index in [2.05, 4.69) is 5.43 Å². The summed E-state index contributed by atoms with van der Waals surface area (Å²) in [5.41, 5.74) is 2.25. The zero-order valence-electron chi connectivity index (χ0n) is 11.0. The maximum Gasteiger partial charge on any atom is 0.268 e. The highest BCUT2D eigenvalue weighted by molar-refractivity contribution is 5.94. The van der Waals surface area contributed by atoms with Crippen LogP contribution in [0.2, 0.25) is 0 Å². The minimum atomic E-state index is -0.395. The Morgan fingerprint density at radius 3 is 2.78 bits per heavy atom. The van der Waals surface area contributed by atoms with E-state index in [0.717, 1.165) is 0 Å². The van der Waals surface area contributed by atoms with Gasteiger partial charge in [0.1, 0.15) is 12.4 Å². The fraction of sp³-hybridized carbons (Fsp3) is 0.583. The van der Waals surface area contributed by atoms with Crippen LogP contribution in [-0.4, -0.2) is 24.7 Å². The molecule has 1 amide bonds. The van der Waals surface area contributed by atoms with Crippen LogP contribution >= 0.6 is 0 Å². The number of hydrogen-bond acceptors (Lipinski definition) is 5. The predicted octanol–water partition coefficient (Wildman–Crippen LogP) is 1.21. The SMILES string of the molecule is CC(C)(C)OCCOCc1occc1C(=O)NN. The van der Waals surface area contributed by atoms with E-state index >= 15 is 0 Å². The molecule has 0 unspecified atom stereocenters. The van der Waals surface area contributed by atoms with Crippen LogP contribution in [0, 0.1) is 0 Å². The minimum absolute atomic E-state index is 0.182. The van der Waals surface area contributed by atoms with E-state index in [9.17, 15) is 4.79 Å². The Kier molecular flexibility index (Phi) is 5.33. The van der Waals surface area contributed by atoms with Crippen LogP contribution in [-0.2, 0) is 16.1 Å². The number of hydrogen-bond donors (Lipinski definition) is 2. The van der Waals surface area contributed by atoms with E-state index in [1.165, 1.54) is 6.26 Å². The van der Waals surface area contributed by atoms with E-state index < -0.39 is 5.91 Å². The quantitative estimate of drug-likeness (QED) is 0.346. The number of furan rings is 1. The normalized spacial score (nSPS) is 11.6. The predicted molar refractivity (Wildman–Crippen MR) is 65.7 cm³/mol. The Morgan fingerprint density at radius 2 is 2.17 bits per heavy atom. The van der Waals surface area contributed by atoms with Crippen LogP contribution in [0.4, 0.5) is 0 Å². The Balaban J connectivity index is 2.32. The van der Waals surface area contributed by atoms with Gasteiger partial charge in [-0.3, -0.25) is 10.2 Å². The van der Waals surface area contributed by atoms with Crippen molar-refractivity contribution in [2.24, 2.45) is 5.84 Å². The summed E-state index contributed by atoms with van der Waals surface area (Å²) in [4.78, 5) is 11.3. The van der Waals surface area contributed by atoms with Gasteiger partial charge in [-0.05, 0) is 26.8 Å². The van der Waals surface area contributed by atoms with E-state index in [4.69, 9.17) is 19.7 Å². The van der Waals surface area contributed by atoms with E-state index in [-0.39, 0.29) is 12.2 Å². The maximum absolute atomic E-state index is 11.3. The molecule has 1 heterocycles. The lowest BCUT2D eigenvalue weighted by molar-refractivity contribution is -0.0395. The van der Waals surface area contributed by atoms with Crippen molar-refractivity contribution in [3.05, 3.63) is 23.7 Å². The zero-order chi connectivity index (χ0) is 13.6. The molecule has 0 saturated carbocycles. The number of nitrogen functional groups attached to an aromatic ring is 1. The molecule has 0 fully saturated rings. The van der Waals surface area contributed by atoms with Gasteiger partial charge in [0.15, 0.2) is 0 Å². The number of nitrogens with one attached hydrogen (secondary N) is 1. The Labute approximate surface area is 106 Å². The van der Waals surface area contributed by atoms with Crippen LogP contribution in [0.3, 0.4) is 0 Å². The summed E-state index contributed by atoms with van der Waals surface area (Å²) >= 11 is 0. The maximum atomic E-state index is 11.3. The number of nitrogens with two attached hydrogens (primary N) is 1. The first kappa shape index (κ1) is 14.7. The van der Waals surface area contributed by atoms with Crippen molar-refractivity contribution in [1.82, 2.24) is 5.43 Å². The van der Waals surface area contributed by atoms with Gasteiger partial charge in [0.05, 0.1) is 30.6 Å². The molecule has 1 aromatic rings. The number of carbonyl (C=O) groups excluding carboxylic acids is 1. The van der Waals surface area contributed by atoms with E-state index in [1.54, 1.807) is 6.07 Å². The third-order valence-corrected chi connectivity index (χ3v) is 2.12. The van der Waals surface area contributed by atoms with Gasteiger partial charge in [-0.1, -0.05) is 0 Å². The monoisotopic (exact) mass is 256 g/mol. The molecule has 0 saturated heterocycles. The zero-order valence-corrected chi connectivity index (χ0v) is 11.0. The highest BCUT2D eigenvalue weighted by Gasteiger charge is 2.14. The average Bonchev–Trinajstić information content (AvgIpc) is 2.74. The van der Waals surface area contributed by atoms with Crippen LogP contribution in [0.25, 0.3) is 0 Å². The molecule has 0 bridgehead atoms. The second kappa shape index (κ2) is 6.53. The van der Waals surface area contributed by atoms with Crippen LogP contribution in [0.5, 0.6) is 0 Å². The molecule has 102 valence electrons. The topological polar surface area (TPSA) is 86.7 Å². The molecule has 1 rings (SSSR count). The van der Waals surface area contributed by atoms with Gasteiger partial charge in [-0.2, -0.15) is 0 Å². The Bertz CT molecular complexity index is 382. The second-order valence-electron chi connectivity index (χ2n) is 4.74.